The van der Waals surface area contributed by atoms with Crippen molar-refractivity contribution in [1.29, 1.82) is 5.26 Å². The van der Waals surface area contributed by atoms with E-state index in [9.17, 15) is 9.18 Å². The third-order valence-electron chi connectivity index (χ3n) is 2.90. The van der Waals surface area contributed by atoms with Crippen LogP contribution in [0.4, 0.5) is 4.39 Å². The third kappa shape index (κ3) is 3.21. The van der Waals surface area contributed by atoms with Crippen molar-refractivity contribution in [3.63, 3.8) is 0 Å². The molecule has 0 aliphatic heterocycles. The fourth-order valence-electron chi connectivity index (χ4n) is 1.82. The van der Waals surface area contributed by atoms with E-state index in [0.29, 0.717) is 11.1 Å². The first-order chi connectivity index (χ1) is 9.60. The summed E-state index contributed by atoms with van der Waals surface area (Å²) in [5.74, 6) is -0.744. The van der Waals surface area contributed by atoms with Gasteiger partial charge in [0.05, 0.1) is 11.6 Å². The number of carbonyl (C=O) groups is 1. The molecule has 3 nitrogen and oxygen atoms in total. The molecule has 100 valence electrons. The number of hydrogen-bond acceptors (Lipinski definition) is 2. The molecule has 0 aliphatic carbocycles. The minimum atomic E-state index is -0.492. The van der Waals surface area contributed by atoms with E-state index in [1.165, 1.54) is 12.1 Å². The average molecular weight is 268 g/mol. The molecule has 2 aromatic rings. The third-order valence-corrected chi connectivity index (χ3v) is 2.90. The Morgan fingerprint density at radius 1 is 1.30 bits per heavy atom. The van der Waals surface area contributed by atoms with E-state index in [-0.39, 0.29) is 18.0 Å². The maximum absolute atomic E-state index is 13.7. The van der Waals surface area contributed by atoms with E-state index in [0.717, 1.165) is 11.6 Å². The molecule has 0 saturated heterocycles. The lowest BCUT2D eigenvalue weighted by molar-refractivity contribution is 0.0950. The van der Waals surface area contributed by atoms with Gasteiger partial charge in [0.2, 0.25) is 0 Å². The Hall–Kier alpha value is -2.67. The molecule has 1 amide bonds. The van der Waals surface area contributed by atoms with Crippen LogP contribution >= 0.6 is 0 Å². The number of halogens is 1. The van der Waals surface area contributed by atoms with Gasteiger partial charge in [0.1, 0.15) is 5.82 Å². The van der Waals surface area contributed by atoms with E-state index in [4.69, 9.17) is 5.26 Å². The summed E-state index contributed by atoms with van der Waals surface area (Å²) < 4.78 is 13.7. The van der Waals surface area contributed by atoms with Gasteiger partial charge in [0.25, 0.3) is 5.91 Å². The molecule has 0 radical (unpaired) electrons. The summed E-state index contributed by atoms with van der Waals surface area (Å²) in [6, 6.07) is 13.2. The summed E-state index contributed by atoms with van der Waals surface area (Å²) in [6.07, 6.45) is 0. The van der Waals surface area contributed by atoms with Crippen molar-refractivity contribution in [2.45, 2.75) is 13.5 Å². The summed E-state index contributed by atoms with van der Waals surface area (Å²) in [6.45, 7) is 1.99. The van der Waals surface area contributed by atoms with Crippen LogP contribution in [0.15, 0.2) is 42.5 Å². The predicted molar refractivity (Wildman–Crippen MR) is 73.5 cm³/mol. The first kappa shape index (κ1) is 13.8. The van der Waals surface area contributed by atoms with E-state index < -0.39 is 5.82 Å². The number of benzene rings is 2. The highest BCUT2D eigenvalue weighted by Crippen LogP contribution is 2.10. The van der Waals surface area contributed by atoms with Crippen molar-refractivity contribution in [2.24, 2.45) is 0 Å². The molecule has 0 fully saturated rings. The molecule has 0 aromatic heterocycles. The summed E-state index contributed by atoms with van der Waals surface area (Å²) >= 11 is 0. The molecule has 0 saturated carbocycles. The minimum Gasteiger partial charge on any atom is -0.348 e. The number of carbonyl (C=O) groups excluding carboxylic acids is 1. The maximum Gasteiger partial charge on any atom is 0.251 e. The standard InChI is InChI=1S/C16H13FN2O/c1-11-3-2-4-13(7-11)16(20)19-10-14-6-5-12(9-18)8-15(14)17/h2-8H,10H2,1H3,(H,19,20). The predicted octanol–water partition coefficient (Wildman–Crippen LogP) is 2.94. The Bertz CT molecular complexity index is 689. The first-order valence-electron chi connectivity index (χ1n) is 6.13. The van der Waals surface area contributed by atoms with Gasteiger partial charge < -0.3 is 5.32 Å². The van der Waals surface area contributed by atoms with Gasteiger partial charge in [0, 0.05) is 17.7 Å². The Labute approximate surface area is 116 Å². The van der Waals surface area contributed by atoms with Crippen molar-refractivity contribution >= 4 is 5.91 Å². The van der Waals surface area contributed by atoms with Gasteiger partial charge in [-0.3, -0.25) is 4.79 Å². The quantitative estimate of drug-likeness (QED) is 0.930. The van der Waals surface area contributed by atoms with E-state index in [1.54, 1.807) is 18.2 Å². The molecule has 0 aliphatic rings. The van der Waals surface area contributed by atoms with Gasteiger partial charge in [-0.1, -0.05) is 23.8 Å². The molecule has 0 heterocycles. The zero-order valence-electron chi connectivity index (χ0n) is 11.0. The van der Waals surface area contributed by atoms with Crippen LogP contribution in [-0.4, -0.2) is 5.91 Å². The molecular formula is C16H13FN2O. The van der Waals surface area contributed by atoms with Crippen molar-refractivity contribution in [1.82, 2.24) is 5.32 Å². The average Bonchev–Trinajstić information content (AvgIpc) is 2.45. The van der Waals surface area contributed by atoms with Crippen LogP contribution < -0.4 is 5.32 Å². The lowest BCUT2D eigenvalue weighted by atomic mass is 10.1. The zero-order valence-corrected chi connectivity index (χ0v) is 11.0. The SMILES string of the molecule is Cc1cccc(C(=O)NCc2ccc(C#N)cc2F)c1. The summed E-state index contributed by atoms with van der Waals surface area (Å²) in [5, 5.41) is 11.3. The van der Waals surface area contributed by atoms with Gasteiger partial charge in [-0.05, 0) is 31.2 Å². The van der Waals surface area contributed by atoms with Gasteiger partial charge in [-0.2, -0.15) is 5.26 Å². The number of nitrogens with zero attached hydrogens (tertiary/aromatic N) is 1. The summed E-state index contributed by atoms with van der Waals surface area (Å²) in [5.41, 5.74) is 2.14. The highest BCUT2D eigenvalue weighted by Gasteiger charge is 2.08. The maximum atomic E-state index is 13.7. The summed E-state index contributed by atoms with van der Waals surface area (Å²) in [4.78, 5) is 11.9. The number of hydrogen-bond donors (Lipinski definition) is 1. The number of nitrogens with one attached hydrogen (secondary N) is 1. The Morgan fingerprint density at radius 2 is 2.10 bits per heavy atom. The van der Waals surface area contributed by atoms with Crippen LogP contribution in [0, 0.1) is 24.1 Å². The molecule has 0 atom stereocenters. The summed E-state index contributed by atoms with van der Waals surface area (Å²) in [7, 11) is 0. The van der Waals surface area contributed by atoms with Crippen LogP contribution in [0.2, 0.25) is 0 Å². The normalized spacial score (nSPS) is 9.85. The molecule has 4 heteroatoms. The van der Waals surface area contributed by atoms with Crippen molar-refractivity contribution in [3.05, 3.63) is 70.5 Å². The van der Waals surface area contributed by atoms with Crippen molar-refractivity contribution < 1.29 is 9.18 Å². The van der Waals surface area contributed by atoms with E-state index in [2.05, 4.69) is 5.32 Å². The molecule has 2 aromatic carbocycles. The van der Waals surface area contributed by atoms with Crippen LogP contribution in [0.1, 0.15) is 27.0 Å². The lowest BCUT2D eigenvalue weighted by Gasteiger charge is -2.07. The van der Waals surface area contributed by atoms with Crippen LogP contribution in [0.3, 0.4) is 0 Å². The molecule has 0 unspecified atom stereocenters. The van der Waals surface area contributed by atoms with Crippen LogP contribution in [0.25, 0.3) is 0 Å². The topological polar surface area (TPSA) is 52.9 Å². The zero-order chi connectivity index (χ0) is 14.5. The first-order valence-corrected chi connectivity index (χ1v) is 6.13. The Balaban J connectivity index is 2.06. The van der Waals surface area contributed by atoms with Gasteiger partial charge in [0.15, 0.2) is 0 Å². The highest BCUT2D eigenvalue weighted by atomic mass is 19.1. The van der Waals surface area contributed by atoms with Crippen molar-refractivity contribution in [3.8, 4) is 6.07 Å². The van der Waals surface area contributed by atoms with Crippen molar-refractivity contribution in [2.75, 3.05) is 0 Å². The second kappa shape index (κ2) is 5.98. The number of amides is 1. The molecule has 0 spiro atoms. The largest absolute Gasteiger partial charge is 0.348 e. The van der Waals surface area contributed by atoms with E-state index >= 15 is 0 Å². The Kier molecular flexibility index (Phi) is 4.11. The fraction of sp³-hybridized carbons (Fsp3) is 0.125. The number of aryl methyl sites for hydroxylation is 1. The van der Waals surface area contributed by atoms with Gasteiger partial charge >= 0.3 is 0 Å². The Morgan fingerprint density at radius 3 is 2.75 bits per heavy atom. The lowest BCUT2D eigenvalue weighted by Crippen LogP contribution is -2.23. The van der Waals surface area contributed by atoms with Gasteiger partial charge in [-0.15, -0.1) is 0 Å². The molecule has 2 rings (SSSR count). The van der Waals surface area contributed by atoms with Crippen LogP contribution in [-0.2, 0) is 6.54 Å². The fourth-order valence-corrected chi connectivity index (χ4v) is 1.82. The molecule has 20 heavy (non-hydrogen) atoms. The second-order valence-corrected chi connectivity index (χ2v) is 4.47. The monoisotopic (exact) mass is 268 g/mol. The smallest absolute Gasteiger partial charge is 0.251 e. The van der Waals surface area contributed by atoms with Gasteiger partial charge in [-0.25, -0.2) is 4.39 Å². The molecule has 0 bridgehead atoms. The van der Waals surface area contributed by atoms with Crippen LogP contribution in [0.5, 0.6) is 0 Å². The molecule has 1 N–H and O–H groups in total. The van der Waals surface area contributed by atoms with E-state index in [1.807, 2.05) is 19.1 Å². The number of nitriles is 1. The second-order valence-electron chi connectivity index (χ2n) is 4.47. The number of rotatable bonds is 3. The minimum absolute atomic E-state index is 0.0876. The highest BCUT2D eigenvalue weighted by molar-refractivity contribution is 5.94. The molecular weight excluding hydrogens is 255 g/mol.